The summed E-state index contributed by atoms with van der Waals surface area (Å²) in [6.45, 7) is 0.176. The highest BCUT2D eigenvalue weighted by atomic mass is 19.2. The molecular weight excluding hydrogens is 231 g/mol. The molecule has 0 fully saturated rings. The van der Waals surface area contributed by atoms with Gasteiger partial charge in [-0.15, -0.1) is 0 Å². The molecule has 0 saturated carbocycles. The molecule has 0 aliphatic heterocycles. The van der Waals surface area contributed by atoms with Gasteiger partial charge in [-0.1, -0.05) is 6.07 Å². The molecule has 0 spiro atoms. The van der Waals surface area contributed by atoms with Gasteiger partial charge in [-0.05, 0) is 12.1 Å². The fourth-order valence-corrected chi connectivity index (χ4v) is 1.25. The van der Waals surface area contributed by atoms with E-state index in [1.54, 1.807) is 24.4 Å². The van der Waals surface area contributed by atoms with Gasteiger partial charge in [-0.2, -0.15) is 9.37 Å². The van der Waals surface area contributed by atoms with Gasteiger partial charge in [0.05, 0.1) is 12.2 Å². The van der Waals surface area contributed by atoms with Crippen LogP contribution >= 0.6 is 0 Å². The van der Waals surface area contributed by atoms with Crippen LogP contribution in [-0.4, -0.2) is 9.97 Å². The third kappa shape index (κ3) is 2.72. The Labute approximate surface area is 95.3 Å². The summed E-state index contributed by atoms with van der Waals surface area (Å²) in [7, 11) is 0. The number of pyridine rings is 2. The summed E-state index contributed by atoms with van der Waals surface area (Å²) >= 11 is 0. The van der Waals surface area contributed by atoms with E-state index in [1.807, 2.05) is 0 Å². The van der Waals surface area contributed by atoms with Crippen LogP contribution in [0.2, 0.25) is 0 Å². The molecule has 0 unspecified atom stereocenters. The van der Waals surface area contributed by atoms with Crippen molar-refractivity contribution >= 4 is 5.82 Å². The van der Waals surface area contributed by atoms with E-state index in [0.29, 0.717) is 11.8 Å². The van der Waals surface area contributed by atoms with Crippen molar-refractivity contribution < 1.29 is 13.2 Å². The minimum atomic E-state index is -1.34. The van der Waals surface area contributed by atoms with E-state index in [-0.39, 0.29) is 12.4 Å². The van der Waals surface area contributed by atoms with E-state index in [0.717, 1.165) is 0 Å². The first-order chi connectivity index (χ1) is 8.16. The summed E-state index contributed by atoms with van der Waals surface area (Å²) in [6.07, 6.45) is 1.58. The van der Waals surface area contributed by atoms with Crippen LogP contribution in [0, 0.1) is 17.6 Å². The monoisotopic (exact) mass is 239 g/mol. The topological polar surface area (TPSA) is 37.8 Å². The van der Waals surface area contributed by atoms with Crippen molar-refractivity contribution in [3.05, 3.63) is 53.7 Å². The molecule has 2 aromatic heterocycles. The van der Waals surface area contributed by atoms with Crippen LogP contribution in [0.4, 0.5) is 19.0 Å². The molecule has 2 heterocycles. The average Bonchev–Trinajstić information content (AvgIpc) is 2.33. The summed E-state index contributed by atoms with van der Waals surface area (Å²) in [5, 5.41) is 2.54. The highest BCUT2D eigenvalue weighted by Gasteiger charge is 2.11. The Bertz CT molecular complexity index is 517. The van der Waals surface area contributed by atoms with Crippen molar-refractivity contribution in [1.82, 2.24) is 9.97 Å². The number of nitrogens with one attached hydrogen (secondary N) is 1. The largest absolute Gasteiger partial charge is 0.362 e. The van der Waals surface area contributed by atoms with E-state index >= 15 is 0 Å². The molecule has 17 heavy (non-hydrogen) atoms. The third-order valence-electron chi connectivity index (χ3n) is 2.05. The fourth-order valence-electron chi connectivity index (χ4n) is 1.25. The normalized spacial score (nSPS) is 10.3. The minimum Gasteiger partial charge on any atom is -0.362 e. The molecule has 0 amide bonds. The number of halogens is 3. The van der Waals surface area contributed by atoms with Crippen molar-refractivity contribution in [2.75, 3.05) is 5.32 Å². The zero-order chi connectivity index (χ0) is 12.3. The zero-order valence-corrected chi connectivity index (χ0v) is 8.62. The molecule has 3 nitrogen and oxygen atoms in total. The quantitative estimate of drug-likeness (QED) is 0.836. The Morgan fingerprint density at radius 2 is 1.94 bits per heavy atom. The van der Waals surface area contributed by atoms with Crippen LogP contribution in [0.25, 0.3) is 0 Å². The first kappa shape index (κ1) is 11.4. The van der Waals surface area contributed by atoms with Crippen LogP contribution < -0.4 is 5.32 Å². The number of aromatic nitrogens is 2. The van der Waals surface area contributed by atoms with Crippen molar-refractivity contribution in [2.45, 2.75) is 6.54 Å². The molecule has 0 bridgehead atoms. The first-order valence-electron chi connectivity index (χ1n) is 4.82. The van der Waals surface area contributed by atoms with Gasteiger partial charge in [-0.25, -0.2) is 8.78 Å². The van der Waals surface area contributed by atoms with Gasteiger partial charge in [0.1, 0.15) is 0 Å². The second-order valence-electron chi connectivity index (χ2n) is 3.27. The third-order valence-corrected chi connectivity index (χ3v) is 2.05. The number of anilines is 1. The molecule has 0 radical (unpaired) electrons. The highest BCUT2D eigenvalue weighted by molar-refractivity contribution is 5.36. The maximum Gasteiger partial charge on any atom is 0.251 e. The van der Waals surface area contributed by atoms with Crippen molar-refractivity contribution in [2.24, 2.45) is 0 Å². The van der Waals surface area contributed by atoms with Gasteiger partial charge in [0, 0.05) is 12.3 Å². The second kappa shape index (κ2) is 4.82. The Balaban J connectivity index is 2.12. The van der Waals surface area contributed by atoms with Gasteiger partial charge in [0.2, 0.25) is 0 Å². The molecule has 0 aliphatic rings. The standard InChI is InChI=1S/C11H8F3N3/c12-8-5-9(13)11(17-10(8)14)16-6-7-3-1-2-4-15-7/h1-5H,6H2,(H,16,17). The van der Waals surface area contributed by atoms with Crippen LogP contribution in [0.15, 0.2) is 30.5 Å². The lowest BCUT2D eigenvalue weighted by Gasteiger charge is -2.06. The molecule has 6 heteroatoms. The van der Waals surface area contributed by atoms with E-state index < -0.39 is 17.6 Å². The van der Waals surface area contributed by atoms with Gasteiger partial charge in [0.15, 0.2) is 17.5 Å². The lowest BCUT2D eigenvalue weighted by atomic mass is 10.3. The molecule has 88 valence electrons. The smallest absolute Gasteiger partial charge is 0.251 e. The Morgan fingerprint density at radius 3 is 2.65 bits per heavy atom. The van der Waals surface area contributed by atoms with Gasteiger partial charge in [-0.3, -0.25) is 4.98 Å². The lowest BCUT2D eigenvalue weighted by molar-refractivity contribution is 0.466. The number of rotatable bonds is 3. The summed E-state index contributed by atoms with van der Waals surface area (Å²) in [6, 6.07) is 5.66. The Morgan fingerprint density at radius 1 is 1.12 bits per heavy atom. The van der Waals surface area contributed by atoms with Gasteiger partial charge >= 0.3 is 0 Å². The molecule has 2 aromatic rings. The number of hydrogen-bond acceptors (Lipinski definition) is 3. The molecule has 0 saturated heterocycles. The van der Waals surface area contributed by atoms with Crippen LogP contribution in [0.1, 0.15) is 5.69 Å². The summed E-state index contributed by atoms with van der Waals surface area (Å²) < 4.78 is 38.6. The molecule has 0 aliphatic carbocycles. The lowest BCUT2D eigenvalue weighted by Crippen LogP contribution is -2.07. The van der Waals surface area contributed by atoms with Crippen LogP contribution in [-0.2, 0) is 6.54 Å². The Hall–Kier alpha value is -2.11. The predicted octanol–water partition coefficient (Wildman–Crippen LogP) is 2.51. The van der Waals surface area contributed by atoms with Gasteiger partial charge < -0.3 is 5.32 Å². The second-order valence-corrected chi connectivity index (χ2v) is 3.27. The van der Waals surface area contributed by atoms with E-state index in [2.05, 4.69) is 15.3 Å². The van der Waals surface area contributed by atoms with Crippen molar-refractivity contribution in [3.8, 4) is 0 Å². The number of hydrogen-bond donors (Lipinski definition) is 1. The van der Waals surface area contributed by atoms with Crippen LogP contribution in [0.5, 0.6) is 0 Å². The zero-order valence-electron chi connectivity index (χ0n) is 8.62. The van der Waals surface area contributed by atoms with Crippen molar-refractivity contribution in [1.29, 1.82) is 0 Å². The Kier molecular flexibility index (Phi) is 3.22. The molecule has 1 N–H and O–H groups in total. The summed E-state index contributed by atoms with van der Waals surface area (Å²) in [4.78, 5) is 7.11. The maximum absolute atomic E-state index is 13.2. The average molecular weight is 239 g/mol. The molecule has 0 atom stereocenters. The summed E-state index contributed by atoms with van der Waals surface area (Å²) in [5.41, 5.74) is 0.637. The summed E-state index contributed by atoms with van der Waals surface area (Å²) in [5.74, 6) is -3.94. The van der Waals surface area contributed by atoms with E-state index in [9.17, 15) is 13.2 Å². The fraction of sp³-hybridized carbons (Fsp3) is 0.0909. The van der Waals surface area contributed by atoms with Gasteiger partial charge in [0.25, 0.3) is 5.95 Å². The van der Waals surface area contributed by atoms with Crippen LogP contribution in [0.3, 0.4) is 0 Å². The maximum atomic E-state index is 13.2. The number of nitrogens with zero attached hydrogens (tertiary/aromatic N) is 2. The molecule has 0 aromatic carbocycles. The molecular formula is C11H8F3N3. The predicted molar refractivity (Wildman–Crippen MR) is 55.7 cm³/mol. The minimum absolute atomic E-state index is 0.176. The highest BCUT2D eigenvalue weighted by Crippen LogP contribution is 2.14. The SMILES string of the molecule is Fc1cc(F)c(NCc2ccccn2)nc1F. The van der Waals surface area contributed by atoms with E-state index in [1.165, 1.54) is 0 Å². The first-order valence-corrected chi connectivity index (χ1v) is 4.82. The van der Waals surface area contributed by atoms with Crippen molar-refractivity contribution in [3.63, 3.8) is 0 Å². The molecule has 2 rings (SSSR count). The van der Waals surface area contributed by atoms with E-state index in [4.69, 9.17) is 0 Å².